The van der Waals surface area contributed by atoms with Gasteiger partial charge in [-0.1, -0.05) is 25.1 Å². The molecule has 0 saturated heterocycles. The molecule has 0 radical (unpaired) electrons. The third-order valence-corrected chi connectivity index (χ3v) is 4.34. The molecule has 2 aliphatic heterocycles. The lowest BCUT2D eigenvalue weighted by molar-refractivity contribution is -0.0730. The topological polar surface area (TPSA) is 68.2 Å². The van der Waals surface area contributed by atoms with Crippen LogP contribution in [-0.2, 0) is 0 Å². The molecule has 3 unspecified atom stereocenters. The van der Waals surface area contributed by atoms with Crippen LogP contribution < -0.4 is 14.2 Å². The van der Waals surface area contributed by atoms with Gasteiger partial charge in [-0.05, 0) is 12.1 Å². The monoisotopic (exact) mass is 300 g/mol. The first-order valence-corrected chi connectivity index (χ1v) is 7.21. The lowest BCUT2D eigenvalue weighted by atomic mass is 9.78. The minimum atomic E-state index is -0.947. The fourth-order valence-corrected chi connectivity index (χ4v) is 3.17. The van der Waals surface area contributed by atoms with Crippen molar-refractivity contribution in [2.24, 2.45) is 5.92 Å². The summed E-state index contributed by atoms with van der Waals surface area (Å²) in [6.07, 6.45) is -0.947. The molecule has 2 aromatic rings. The molecule has 0 spiro atoms. The Hall–Kier alpha value is -2.40. The summed E-state index contributed by atoms with van der Waals surface area (Å²) in [5.74, 6) is 1.64. The van der Waals surface area contributed by atoms with Crippen LogP contribution in [0.4, 0.5) is 0 Å². The maximum absolute atomic E-state index is 10.2. The van der Waals surface area contributed by atoms with Crippen LogP contribution in [0.5, 0.6) is 23.0 Å². The highest BCUT2D eigenvalue weighted by Gasteiger charge is 2.38. The predicted octanol–water partition coefficient (Wildman–Crippen LogP) is 2.60. The van der Waals surface area contributed by atoms with Crippen LogP contribution in [0, 0.1) is 5.92 Å². The van der Waals surface area contributed by atoms with Gasteiger partial charge in [-0.3, -0.25) is 0 Å². The van der Waals surface area contributed by atoms with E-state index in [1.54, 1.807) is 18.2 Å². The van der Waals surface area contributed by atoms with Crippen LogP contribution in [0.1, 0.15) is 24.0 Å². The molecular formula is C17H16O5. The van der Waals surface area contributed by atoms with Gasteiger partial charge in [-0.25, -0.2) is 0 Å². The molecule has 5 heteroatoms. The Morgan fingerprint density at radius 2 is 1.73 bits per heavy atom. The maximum atomic E-state index is 10.2. The van der Waals surface area contributed by atoms with E-state index in [2.05, 4.69) is 0 Å². The highest BCUT2D eigenvalue weighted by molar-refractivity contribution is 5.57. The molecule has 0 fully saturated rings. The van der Waals surface area contributed by atoms with Gasteiger partial charge in [0.25, 0.3) is 0 Å². The molecule has 0 bridgehead atoms. The number of fused-ring (bicyclic) bond motifs is 2. The van der Waals surface area contributed by atoms with Gasteiger partial charge in [0.2, 0.25) is 13.1 Å². The third kappa shape index (κ3) is 1.89. The summed E-state index contributed by atoms with van der Waals surface area (Å²) < 4.78 is 16.4. The maximum Gasteiger partial charge on any atom is 0.231 e. The molecule has 0 aromatic heterocycles. The van der Waals surface area contributed by atoms with Gasteiger partial charge in [0.1, 0.15) is 11.5 Å². The molecule has 22 heavy (non-hydrogen) atoms. The lowest BCUT2D eigenvalue weighted by Crippen LogP contribution is -2.34. The van der Waals surface area contributed by atoms with Gasteiger partial charge in [-0.15, -0.1) is 0 Å². The van der Waals surface area contributed by atoms with Crippen molar-refractivity contribution in [3.8, 4) is 23.0 Å². The Labute approximate surface area is 127 Å². The highest BCUT2D eigenvalue weighted by Crippen LogP contribution is 2.50. The average molecular weight is 300 g/mol. The minimum absolute atomic E-state index is 0.178. The molecule has 0 saturated carbocycles. The number of aliphatic hydroxyl groups excluding tert-OH is 1. The summed E-state index contributed by atoms with van der Waals surface area (Å²) in [4.78, 5) is 0. The summed E-state index contributed by atoms with van der Waals surface area (Å²) in [5, 5.41) is 20.4. The number of phenols is 1. The number of phenolic OH excluding ortho intramolecular Hbond substituents is 1. The summed E-state index contributed by atoms with van der Waals surface area (Å²) >= 11 is 0. The second-order valence-electron chi connectivity index (χ2n) is 5.65. The molecular weight excluding hydrogens is 284 g/mol. The number of hydrogen-bond acceptors (Lipinski definition) is 5. The lowest BCUT2D eigenvalue weighted by Gasteiger charge is -2.35. The molecule has 5 nitrogen and oxygen atoms in total. The largest absolute Gasteiger partial charge is 0.508 e. The number of hydrogen-bond donors (Lipinski definition) is 2. The van der Waals surface area contributed by atoms with Crippen molar-refractivity contribution in [1.29, 1.82) is 0 Å². The van der Waals surface area contributed by atoms with Crippen LogP contribution in [0.15, 0.2) is 36.4 Å². The van der Waals surface area contributed by atoms with Gasteiger partial charge in [0, 0.05) is 29.0 Å². The summed E-state index contributed by atoms with van der Waals surface area (Å²) in [6, 6.07) is 10.8. The molecule has 4 rings (SSSR count). The number of benzene rings is 2. The first-order chi connectivity index (χ1) is 10.6. The van der Waals surface area contributed by atoms with Crippen LogP contribution >= 0.6 is 0 Å². The highest BCUT2D eigenvalue weighted by atomic mass is 16.7. The van der Waals surface area contributed by atoms with Crippen molar-refractivity contribution >= 4 is 0 Å². The number of aliphatic hydroxyl groups is 1. The Kier molecular flexibility index (Phi) is 2.90. The van der Waals surface area contributed by atoms with E-state index in [0.29, 0.717) is 17.2 Å². The molecule has 3 atom stereocenters. The van der Waals surface area contributed by atoms with Crippen LogP contribution in [-0.4, -0.2) is 23.3 Å². The summed E-state index contributed by atoms with van der Waals surface area (Å²) in [6.45, 7) is 2.08. The van der Waals surface area contributed by atoms with Crippen molar-refractivity contribution in [3.05, 3.63) is 47.5 Å². The van der Waals surface area contributed by atoms with E-state index in [1.807, 2.05) is 25.1 Å². The number of para-hydroxylation sites is 1. The summed E-state index contributed by atoms with van der Waals surface area (Å²) in [5.41, 5.74) is 1.64. The molecule has 2 aromatic carbocycles. The Morgan fingerprint density at radius 3 is 2.50 bits per heavy atom. The fraction of sp³-hybridized carbons (Fsp3) is 0.294. The van der Waals surface area contributed by atoms with E-state index in [-0.39, 0.29) is 24.4 Å². The first kappa shape index (κ1) is 13.3. The van der Waals surface area contributed by atoms with E-state index >= 15 is 0 Å². The number of rotatable bonds is 1. The average Bonchev–Trinajstić information content (AvgIpc) is 2.95. The SMILES string of the molecule is CC1C(O)Oc2cc3c(cc2C1c1ccccc1O)OCO3. The molecule has 114 valence electrons. The Bertz CT molecular complexity index is 727. The van der Waals surface area contributed by atoms with Gasteiger partial charge in [0.05, 0.1) is 0 Å². The van der Waals surface area contributed by atoms with Crippen molar-refractivity contribution in [3.63, 3.8) is 0 Å². The van der Waals surface area contributed by atoms with Crippen LogP contribution in [0.2, 0.25) is 0 Å². The van der Waals surface area contributed by atoms with Gasteiger partial charge in [-0.2, -0.15) is 0 Å². The first-order valence-electron chi connectivity index (χ1n) is 7.21. The second kappa shape index (κ2) is 4.81. The van der Waals surface area contributed by atoms with E-state index in [1.165, 1.54) is 0 Å². The standard InChI is InChI=1S/C17H16O5/c1-9-16(10-4-2-3-5-12(10)18)11-6-14-15(21-8-20-14)7-13(11)22-17(9)19/h2-7,9,16-19H,8H2,1H3. The Balaban J connectivity index is 1.90. The molecule has 2 aliphatic rings. The van der Waals surface area contributed by atoms with E-state index < -0.39 is 6.29 Å². The Morgan fingerprint density at radius 1 is 1.00 bits per heavy atom. The zero-order chi connectivity index (χ0) is 15.3. The predicted molar refractivity (Wildman–Crippen MR) is 78.3 cm³/mol. The number of ether oxygens (including phenoxy) is 3. The molecule has 0 aliphatic carbocycles. The zero-order valence-electron chi connectivity index (χ0n) is 12.0. The second-order valence-corrected chi connectivity index (χ2v) is 5.65. The van der Waals surface area contributed by atoms with Gasteiger partial charge in [0.15, 0.2) is 11.5 Å². The van der Waals surface area contributed by atoms with Crippen molar-refractivity contribution in [2.45, 2.75) is 19.1 Å². The zero-order valence-corrected chi connectivity index (χ0v) is 12.0. The molecule has 0 amide bonds. The third-order valence-electron chi connectivity index (χ3n) is 4.34. The van der Waals surface area contributed by atoms with Crippen LogP contribution in [0.25, 0.3) is 0 Å². The van der Waals surface area contributed by atoms with E-state index in [4.69, 9.17) is 14.2 Å². The quantitative estimate of drug-likeness (QED) is 0.847. The molecule has 2 N–H and O–H groups in total. The fourth-order valence-electron chi connectivity index (χ4n) is 3.17. The van der Waals surface area contributed by atoms with Gasteiger partial charge >= 0.3 is 0 Å². The van der Waals surface area contributed by atoms with E-state index in [9.17, 15) is 10.2 Å². The minimum Gasteiger partial charge on any atom is -0.508 e. The van der Waals surface area contributed by atoms with Crippen molar-refractivity contribution in [1.82, 2.24) is 0 Å². The smallest absolute Gasteiger partial charge is 0.231 e. The number of aromatic hydroxyl groups is 1. The van der Waals surface area contributed by atoms with Gasteiger partial charge < -0.3 is 24.4 Å². The van der Waals surface area contributed by atoms with E-state index in [0.717, 1.165) is 11.1 Å². The normalized spacial score (nSPS) is 25.5. The van der Waals surface area contributed by atoms with Crippen molar-refractivity contribution in [2.75, 3.05) is 6.79 Å². The van der Waals surface area contributed by atoms with Crippen molar-refractivity contribution < 1.29 is 24.4 Å². The van der Waals surface area contributed by atoms with Crippen LogP contribution in [0.3, 0.4) is 0 Å². The summed E-state index contributed by atoms with van der Waals surface area (Å²) in [7, 11) is 0. The molecule has 2 heterocycles.